The van der Waals surface area contributed by atoms with E-state index >= 15 is 0 Å². The summed E-state index contributed by atoms with van der Waals surface area (Å²) in [5, 5.41) is 7.70. The van der Waals surface area contributed by atoms with Crippen molar-refractivity contribution < 1.29 is 14.3 Å². The number of morpholine rings is 1. The van der Waals surface area contributed by atoms with Gasteiger partial charge in [-0.2, -0.15) is 9.50 Å². The van der Waals surface area contributed by atoms with E-state index in [1.54, 1.807) is 6.07 Å². The van der Waals surface area contributed by atoms with E-state index in [4.69, 9.17) is 15.2 Å². The van der Waals surface area contributed by atoms with Crippen molar-refractivity contribution in [2.45, 2.75) is 32.9 Å². The van der Waals surface area contributed by atoms with Crippen molar-refractivity contribution in [2.75, 3.05) is 38.2 Å². The molecule has 1 aliphatic rings. The van der Waals surface area contributed by atoms with Gasteiger partial charge >= 0.3 is 0 Å². The first kappa shape index (κ1) is 22.0. The minimum absolute atomic E-state index is 0.249. The van der Waals surface area contributed by atoms with E-state index in [-0.39, 0.29) is 6.61 Å². The third kappa shape index (κ3) is 5.51. The van der Waals surface area contributed by atoms with Gasteiger partial charge in [-0.05, 0) is 17.0 Å². The van der Waals surface area contributed by atoms with E-state index in [1.165, 1.54) is 10.1 Å². The van der Waals surface area contributed by atoms with Gasteiger partial charge in [-0.3, -0.25) is 9.69 Å². The zero-order valence-electron chi connectivity index (χ0n) is 18.5. The molecular weight excluding hydrogens is 410 g/mol. The largest absolute Gasteiger partial charge is 0.467 e. The van der Waals surface area contributed by atoms with Crippen molar-refractivity contribution in [3.63, 3.8) is 0 Å². The highest BCUT2D eigenvalue weighted by Gasteiger charge is 2.17. The van der Waals surface area contributed by atoms with Gasteiger partial charge < -0.3 is 20.5 Å². The van der Waals surface area contributed by atoms with Crippen LogP contribution in [0, 0.1) is 0 Å². The standard InChI is InChI=1S/C22H29N7O3/c1-15(2)17-5-3-16(4-6-17)12-24-21-26-22-25-18(13-28-7-9-31-10-8-28)11-20(29(22)27-21)32-14-19(23)30/h3-6,11,15H,7-10,12-14H2,1-2H3,(H2,23,30)(H,24,27). The Bertz CT molecular complexity index is 1060. The van der Waals surface area contributed by atoms with Gasteiger partial charge in [-0.15, -0.1) is 5.10 Å². The molecule has 2 aromatic heterocycles. The van der Waals surface area contributed by atoms with Gasteiger partial charge in [0.05, 0.1) is 18.9 Å². The number of hydrogen-bond acceptors (Lipinski definition) is 8. The molecule has 1 aromatic carbocycles. The van der Waals surface area contributed by atoms with Crippen LogP contribution in [0.25, 0.3) is 5.78 Å². The highest BCUT2D eigenvalue weighted by molar-refractivity contribution is 5.75. The molecule has 3 heterocycles. The molecule has 32 heavy (non-hydrogen) atoms. The number of ether oxygens (including phenoxy) is 2. The first-order chi connectivity index (χ1) is 15.5. The van der Waals surface area contributed by atoms with Crippen molar-refractivity contribution in [1.29, 1.82) is 0 Å². The number of carbonyl (C=O) groups excluding carboxylic acids is 1. The zero-order valence-corrected chi connectivity index (χ0v) is 18.5. The smallest absolute Gasteiger partial charge is 0.257 e. The van der Waals surface area contributed by atoms with Crippen molar-refractivity contribution in [2.24, 2.45) is 5.73 Å². The number of aromatic nitrogens is 4. The molecule has 170 valence electrons. The number of primary amides is 1. The molecule has 0 atom stereocenters. The Morgan fingerprint density at radius 3 is 2.66 bits per heavy atom. The van der Waals surface area contributed by atoms with E-state index < -0.39 is 5.91 Å². The minimum atomic E-state index is -0.562. The van der Waals surface area contributed by atoms with E-state index in [2.05, 4.69) is 63.4 Å². The molecule has 0 aliphatic carbocycles. The van der Waals surface area contributed by atoms with Crippen molar-refractivity contribution in [3.8, 4) is 5.88 Å². The Morgan fingerprint density at radius 2 is 1.97 bits per heavy atom. The van der Waals surface area contributed by atoms with Crippen LogP contribution in [0.15, 0.2) is 30.3 Å². The Balaban J connectivity index is 1.53. The first-order valence-electron chi connectivity index (χ1n) is 10.8. The summed E-state index contributed by atoms with van der Waals surface area (Å²) in [5.74, 6) is 1.13. The summed E-state index contributed by atoms with van der Waals surface area (Å²) < 4.78 is 12.5. The molecule has 1 amide bonds. The van der Waals surface area contributed by atoms with Crippen LogP contribution >= 0.6 is 0 Å². The molecule has 0 saturated carbocycles. The average Bonchev–Trinajstić information content (AvgIpc) is 3.20. The molecule has 0 unspecified atom stereocenters. The Kier molecular flexibility index (Phi) is 6.81. The summed E-state index contributed by atoms with van der Waals surface area (Å²) in [4.78, 5) is 22.6. The number of nitrogens with one attached hydrogen (secondary N) is 1. The van der Waals surface area contributed by atoms with Gasteiger partial charge in [0.1, 0.15) is 0 Å². The van der Waals surface area contributed by atoms with Crippen LogP contribution in [-0.4, -0.2) is 63.3 Å². The van der Waals surface area contributed by atoms with Crippen LogP contribution in [0.4, 0.5) is 5.95 Å². The van der Waals surface area contributed by atoms with E-state index in [0.29, 0.717) is 49.8 Å². The number of hydrogen-bond donors (Lipinski definition) is 2. The fraction of sp³-hybridized carbons (Fsp3) is 0.455. The van der Waals surface area contributed by atoms with Crippen LogP contribution in [0.5, 0.6) is 5.88 Å². The number of anilines is 1. The molecular formula is C22H29N7O3. The molecule has 1 saturated heterocycles. The van der Waals surface area contributed by atoms with Crippen molar-refractivity contribution in [3.05, 3.63) is 47.2 Å². The lowest BCUT2D eigenvalue weighted by Crippen LogP contribution is -2.36. The molecule has 0 spiro atoms. The fourth-order valence-electron chi connectivity index (χ4n) is 3.48. The number of rotatable bonds is 9. The lowest BCUT2D eigenvalue weighted by atomic mass is 10.0. The van der Waals surface area contributed by atoms with E-state index in [9.17, 15) is 4.79 Å². The molecule has 1 aliphatic heterocycles. The minimum Gasteiger partial charge on any atom is -0.467 e. The van der Waals surface area contributed by atoms with Crippen LogP contribution < -0.4 is 15.8 Å². The van der Waals surface area contributed by atoms with Crippen LogP contribution in [-0.2, 0) is 22.6 Å². The SMILES string of the molecule is CC(C)c1ccc(CNc2nc3nc(CN4CCOCC4)cc(OCC(N)=O)n3n2)cc1. The maximum absolute atomic E-state index is 11.2. The van der Waals surface area contributed by atoms with E-state index in [0.717, 1.165) is 24.3 Å². The summed E-state index contributed by atoms with van der Waals surface area (Å²) in [6.07, 6.45) is 0. The Hall–Kier alpha value is -3.24. The molecule has 0 bridgehead atoms. The molecule has 10 heteroatoms. The first-order valence-corrected chi connectivity index (χ1v) is 10.8. The number of fused-ring (bicyclic) bond motifs is 1. The number of carbonyl (C=O) groups is 1. The number of nitrogens with zero attached hydrogens (tertiary/aromatic N) is 5. The number of nitrogens with two attached hydrogens (primary N) is 1. The molecule has 3 aromatic rings. The number of benzene rings is 1. The van der Waals surface area contributed by atoms with Crippen molar-refractivity contribution in [1.82, 2.24) is 24.5 Å². The molecule has 10 nitrogen and oxygen atoms in total. The Morgan fingerprint density at radius 1 is 1.22 bits per heavy atom. The zero-order chi connectivity index (χ0) is 22.5. The molecule has 1 fully saturated rings. The Labute approximate surface area is 186 Å². The van der Waals surface area contributed by atoms with E-state index in [1.807, 2.05) is 0 Å². The highest BCUT2D eigenvalue weighted by Crippen LogP contribution is 2.19. The summed E-state index contributed by atoms with van der Waals surface area (Å²) in [6, 6.07) is 10.2. The third-order valence-corrected chi connectivity index (χ3v) is 5.28. The second-order valence-electron chi connectivity index (χ2n) is 8.13. The van der Waals surface area contributed by atoms with Gasteiger partial charge in [-0.25, -0.2) is 4.98 Å². The quantitative estimate of drug-likeness (QED) is 0.515. The van der Waals surface area contributed by atoms with Gasteiger partial charge in [-0.1, -0.05) is 38.1 Å². The lowest BCUT2D eigenvalue weighted by Gasteiger charge is -2.26. The van der Waals surface area contributed by atoms with Crippen LogP contribution in [0.2, 0.25) is 0 Å². The topological polar surface area (TPSA) is 120 Å². The summed E-state index contributed by atoms with van der Waals surface area (Å²) in [6.45, 7) is 8.37. The second kappa shape index (κ2) is 9.92. The maximum atomic E-state index is 11.2. The molecule has 0 radical (unpaired) electrons. The highest BCUT2D eigenvalue weighted by atomic mass is 16.5. The van der Waals surface area contributed by atoms with Gasteiger partial charge in [0.25, 0.3) is 11.7 Å². The average molecular weight is 440 g/mol. The monoisotopic (exact) mass is 439 g/mol. The van der Waals surface area contributed by atoms with Crippen LogP contribution in [0.1, 0.15) is 36.6 Å². The summed E-state index contributed by atoms with van der Waals surface area (Å²) in [5.41, 5.74) is 8.46. The normalized spacial score (nSPS) is 14.7. The maximum Gasteiger partial charge on any atom is 0.257 e. The molecule has 4 rings (SSSR count). The van der Waals surface area contributed by atoms with Gasteiger partial charge in [0.2, 0.25) is 11.8 Å². The lowest BCUT2D eigenvalue weighted by molar-refractivity contribution is -0.120. The van der Waals surface area contributed by atoms with Gasteiger partial charge in [0, 0.05) is 32.2 Å². The number of amides is 1. The predicted octanol–water partition coefficient (Wildman–Crippen LogP) is 1.56. The third-order valence-electron chi connectivity index (χ3n) is 5.28. The summed E-state index contributed by atoms with van der Waals surface area (Å²) in [7, 11) is 0. The van der Waals surface area contributed by atoms with Gasteiger partial charge in [0.15, 0.2) is 6.61 Å². The fourth-order valence-corrected chi connectivity index (χ4v) is 3.48. The van der Waals surface area contributed by atoms with Crippen LogP contribution in [0.3, 0.4) is 0 Å². The second-order valence-corrected chi connectivity index (χ2v) is 8.13. The molecule has 3 N–H and O–H groups in total. The summed E-state index contributed by atoms with van der Waals surface area (Å²) >= 11 is 0. The van der Waals surface area contributed by atoms with Crippen molar-refractivity contribution >= 4 is 17.6 Å². The predicted molar refractivity (Wildman–Crippen MR) is 119 cm³/mol.